The van der Waals surface area contributed by atoms with Crippen LogP contribution >= 0.6 is 0 Å². The largest absolute Gasteiger partial charge is 0.356 e. The van der Waals surface area contributed by atoms with Crippen molar-refractivity contribution < 1.29 is 28.5 Å². The number of rotatable bonds is 18. The first-order valence-electron chi connectivity index (χ1n) is 10.1. The van der Waals surface area contributed by atoms with Gasteiger partial charge in [0.2, 0.25) is 11.8 Å². The van der Waals surface area contributed by atoms with Gasteiger partial charge in [-0.15, -0.1) is 0 Å². The van der Waals surface area contributed by atoms with E-state index in [1.54, 1.807) is 0 Å². The van der Waals surface area contributed by atoms with E-state index in [-0.39, 0.29) is 30.8 Å². The summed E-state index contributed by atoms with van der Waals surface area (Å²) in [6.45, 7) is 11.0. The van der Waals surface area contributed by atoms with Crippen LogP contribution in [0.15, 0.2) is 0 Å². The molecule has 0 aromatic carbocycles. The molecule has 0 unspecified atom stereocenters. The molecule has 0 fully saturated rings. The Morgan fingerprint density at radius 2 is 1.00 bits per heavy atom. The molecule has 27 heavy (non-hydrogen) atoms. The lowest BCUT2D eigenvalue weighted by molar-refractivity contribution is -0.140. The maximum Gasteiger partial charge on any atom is 0.229 e. The van der Waals surface area contributed by atoms with E-state index in [2.05, 4.69) is 10.6 Å². The van der Waals surface area contributed by atoms with Crippen molar-refractivity contribution in [2.75, 3.05) is 39.5 Å². The Labute approximate surface area is 163 Å². The predicted octanol–water partition coefficient (Wildman–Crippen LogP) is 1.97. The summed E-state index contributed by atoms with van der Waals surface area (Å²) in [5.41, 5.74) is 0. The second-order valence-corrected chi connectivity index (χ2v) is 5.84. The predicted molar refractivity (Wildman–Crippen MR) is 103 cm³/mol. The Bertz CT molecular complexity index is 335. The molecule has 2 N–H and O–H groups in total. The van der Waals surface area contributed by atoms with E-state index in [1.165, 1.54) is 0 Å². The molecule has 0 aliphatic carbocycles. The number of carbonyl (C=O) groups excluding carboxylic acids is 2. The second kappa shape index (κ2) is 18.2. The van der Waals surface area contributed by atoms with Gasteiger partial charge >= 0.3 is 0 Å². The highest BCUT2D eigenvalue weighted by molar-refractivity contribution is 5.96. The van der Waals surface area contributed by atoms with E-state index in [9.17, 15) is 9.59 Å². The Balaban J connectivity index is 3.78. The highest BCUT2D eigenvalue weighted by Gasteiger charge is 2.11. The fourth-order valence-electron chi connectivity index (χ4n) is 2.44. The van der Waals surface area contributed by atoms with E-state index >= 15 is 0 Å². The number of amides is 2. The second-order valence-electron chi connectivity index (χ2n) is 5.84. The number of hydrogen-bond acceptors (Lipinski definition) is 6. The van der Waals surface area contributed by atoms with Crippen LogP contribution in [0.3, 0.4) is 0 Å². The molecule has 160 valence electrons. The summed E-state index contributed by atoms with van der Waals surface area (Å²) < 4.78 is 21.8. The average molecular weight is 391 g/mol. The molecule has 0 saturated heterocycles. The summed E-state index contributed by atoms with van der Waals surface area (Å²) in [7, 11) is 0. The van der Waals surface area contributed by atoms with Crippen LogP contribution in [0.25, 0.3) is 0 Å². The first-order chi connectivity index (χ1) is 13.1. The number of carbonyl (C=O) groups is 2. The Morgan fingerprint density at radius 3 is 1.30 bits per heavy atom. The summed E-state index contributed by atoms with van der Waals surface area (Å²) >= 11 is 0. The molecule has 0 aromatic heterocycles. The van der Waals surface area contributed by atoms with Crippen LogP contribution in [0, 0.1) is 0 Å². The van der Waals surface area contributed by atoms with Crippen molar-refractivity contribution in [3.63, 3.8) is 0 Å². The smallest absolute Gasteiger partial charge is 0.229 e. The van der Waals surface area contributed by atoms with Gasteiger partial charge in [0, 0.05) is 52.4 Å². The summed E-state index contributed by atoms with van der Waals surface area (Å²) in [6.07, 6.45) is 2.22. The minimum Gasteiger partial charge on any atom is -0.356 e. The van der Waals surface area contributed by atoms with Crippen molar-refractivity contribution in [1.82, 2.24) is 10.6 Å². The highest BCUT2D eigenvalue weighted by Crippen LogP contribution is 2.04. The lowest BCUT2D eigenvalue weighted by Crippen LogP contribution is -2.33. The van der Waals surface area contributed by atoms with Gasteiger partial charge in [-0.3, -0.25) is 9.59 Å². The molecule has 0 atom stereocenters. The van der Waals surface area contributed by atoms with Gasteiger partial charge in [0.05, 0.1) is 0 Å². The van der Waals surface area contributed by atoms with Gasteiger partial charge in [0.15, 0.2) is 12.6 Å². The van der Waals surface area contributed by atoms with Gasteiger partial charge in [-0.2, -0.15) is 0 Å². The summed E-state index contributed by atoms with van der Waals surface area (Å²) in [4.78, 5) is 23.6. The van der Waals surface area contributed by atoms with Crippen LogP contribution in [0.5, 0.6) is 0 Å². The fraction of sp³-hybridized carbons (Fsp3) is 0.895. The zero-order valence-corrected chi connectivity index (χ0v) is 17.4. The first kappa shape index (κ1) is 25.8. The van der Waals surface area contributed by atoms with Crippen LogP contribution in [0.2, 0.25) is 0 Å². The van der Waals surface area contributed by atoms with E-state index in [4.69, 9.17) is 18.9 Å². The van der Waals surface area contributed by atoms with Crippen molar-refractivity contribution in [1.29, 1.82) is 0 Å². The minimum atomic E-state index is -0.279. The molecule has 0 aromatic rings. The summed E-state index contributed by atoms with van der Waals surface area (Å²) in [6, 6.07) is 0. The van der Waals surface area contributed by atoms with Gasteiger partial charge in [0.1, 0.15) is 6.42 Å². The zero-order chi connectivity index (χ0) is 20.3. The standard InChI is InChI=1S/C19H38N2O6/c1-5-24-18(25-6-2)11-9-13-20-16(22)15-17(23)21-14-10-12-19(26-7-3)27-8-4/h18-19H,5-15H2,1-4H3,(H,20,22)(H,21,23). The molecule has 0 heterocycles. The van der Waals surface area contributed by atoms with E-state index in [0.717, 1.165) is 12.8 Å². The van der Waals surface area contributed by atoms with Gasteiger partial charge in [-0.05, 0) is 40.5 Å². The fourth-order valence-corrected chi connectivity index (χ4v) is 2.44. The van der Waals surface area contributed by atoms with E-state index in [1.807, 2.05) is 27.7 Å². The molecule has 0 radical (unpaired) electrons. The summed E-state index contributed by atoms with van der Waals surface area (Å²) in [5, 5.41) is 5.49. The van der Waals surface area contributed by atoms with Crippen molar-refractivity contribution >= 4 is 11.8 Å². The number of ether oxygens (including phenoxy) is 4. The third-order valence-electron chi connectivity index (χ3n) is 3.61. The molecule has 0 aliphatic heterocycles. The summed E-state index contributed by atoms with van der Waals surface area (Å²) in [5.74, 6) is -0.559. The number of nitrogens with one attached hydrogen (secondary N) is 2. The van der Waals surface area contributed by atoms with Crippen LogP contribution in [0.4, 0.5) is 0 Å². The van der Waals surface area contributed by atoms with Crippen molar-refractivity contribution in [2.24, 2.45) is 0 Å². The van der Waals surface area contributed by atoms with Crippen LogP contribution in [-0.2, 0) is 28.5 Å². The SMILES string of the molecule is CCOC(CCCNC(=O)CC(=O)NCCCC(OCC)OCC)OCC. The van der Waals surface area contributed by atoms with E-state index < -0.39 is 0 Å². The topological polar surface area (TPSA) is 95.1 Å². The molecule has 0 saturated carbocycles. The molecule has 2 amide bonds. The van der Waals surface area contributed by atoms with Crippen LogP contribution < -0.4 is 10.6 Å². The third-order valence-corrected chi connectivity index (χ3v) is 3.61. The molecular weight excluding hydrogens is 352 g/mol. The maximum atomic E-state index is 11.8. The molecule has 0 aliphatic rings. The van der Waals surface area contributed by atoms with Gasteiger partial charge in [0.25, 0.3) is 0 Å². The lowest BCUT2D eigenvalue weighted by atomic mass is 10.2. The molecule has 8 nitrogen and oxygen atoms in total. The molecule has 8 heteroatoms. The maximum absolute atomic E-state index is 11.8. The van der Waals surface area contributed by atoms with E-state index in [0.29, 0.717) is 52.4 Å². The highest BCUT2D eigenvalue weighted by atomic mass is 16.7. The molecule has 0 rings (SSSR count). The van der Waals surface area contributed by atoms with Gasteiger partial charge in [-0.1, -0.05) is 0 Å². The monoisotopic (exact) mass is 390 g/mol. The van der Waals surface area contributed by atoms with Crippen molar-refractivity contribution in [3.05, 3.63) is 0 Å². The Hall–Kier alpha value is -1.22. The minimum absolute atomic E-state index is 0.166. The van der Waals surface area contributed by atoms with Crippen LogP contribution in [0.1, 0.15) is 59.8 Å². The van der Waals surface area contributed by atoms with Crippen molar-refractivity contribution in [2.45, 2.75) is 72.4 Å². The quantitative estimate of drug-likeness (QED) is 0.211. The zero-order valence-electron chi connectivity index (χ0n) is 17.4. The Morgan fingerprint density at radius 1 is 0.667 bits per heavy atom. The number of hydrogen-bond donors (Lipinski definition) is 2. The molecular formula is C19H38N2O6. The van der Waals surface area contributed by atoms with Crippen LogP contribution in [-0.4, -0.2) is 63.9 Å². The Kier molecular flexibility index (Phi) is 17.3. The average Bonchev–Trinajstić information content (AvgIpc) is 2.63. The first-order valence-corrected chi connectivity index (χ1v) is 10.1. The third kappa shape index (κ3) is 15.5. The van der Waals surface area contributed by atoms with Crippen molar-refractivity contribution in [3.8, 4) is 0 Å². The molecule has 0 bridgehead atoms. The van der Waals surface area contributed by atoms with Gasteiger partial charge in [-0.25, -0.2) is 0 Å². The molecule has 0 spiro atoms. The normalized spacial score (nSPS) is 11.2. The lowest BCUT2D eigenvalue weighted by Gasteiger charge is -2.17. The van der Waals surface area contributed by atoms with Gasteiger partial charge < -0.3 is 29.6 Å².